The lowest BCUT2D eigenvalue weighted by atomic mass is 9.81. The Kier molecular flexibility index (Phi) is 13.7. The largest absolute Gasteiger partial charge is 0.439 e. The first kappa shape index (κ1) is 46.2. The maximum Gasteiger partial charge on any atom is 0.411 e. The van der Waals surface area contributed by atoms with Gasteiger partial charge in [-0.15, -0.1) is 0 Å². The summed E-state index contributed by atoms with van der Waals surface area (Å²) >= 11 is 25.5. The van der Waals surface area contributed by atoms with E-state index in [9.17, 15) is 9.59 Å². The topological polar surface area (TPSA) is 79.4 Å². The Morgan fingerprint density at radius 3 is 1.90 bits per heavy atom. The van der Waals surface area contributed by atoms with E-state index in [1.807, 2.05) is 41.3 Å². The van der Waals surface area contributed by atoms with Crippen molar-refractivity contribution in [3.05, 3.63) is 136 Å². The second-order valence-corrected chi connectivity index (χ2v) is 25.2. The Morgan fingerprint density at radius 1 is 0.790 bits per heavy atom. The number of halogens is 4. The summed E-state index contributed by atoms with van der Waals surface area (Å²) in [6.07, 6.45) is 1.95. The molecule has 62 heavy (non-hydrogen) atoms. The van der Waals surface area contributed by atoms with Gasteiger partial charge >= 0.3 is 6.09 Å². The summed E-state index contributed by atoms with van der Waals surface area (Å²) in [5, 5.41) is 2.88. The van der Waals surface area contributed by atoms with Crippen LogP contribution in [-0.4, -0.2) is 88.1 Å². The van der Waals surface area contributed by atoms with Crippen molar-refractivity contribution in [2.24, 2.45) is 0 Å². The Hall–Kier alpha value is -3.83. The third-order valence-corrected chi connectivity index (χ3v) is 19.3. The lowest BCUT2D eigenvalue weighted by molar-refractivity contribution is -0.136. The number of piperazine rings is 1. The van der Waals surface area contributed by atoms with Crippen molar-refractivity contribution in [2.45, 2.75) is 106 Å². The third kappa shape index (κ3) is 9.50. The van der Waals surface area contributed by atoms with Crippen LogP contribution in [0, 0.1) is 0 Å². The number of rotatable bonds is 12. The lowest BCUT2D eigenvalue weighted by Gasteiger charge is -2.51. The fourth-order valence-corrected chi connectivity index (χ4v) is 13.9. The first-order valence-electron chi connectivity index (χ1n) is 21.3. The van der Waals surface area contributed by atoms with Gasteiger partial charge < -0.3 is 19.0 Å². The average molecular weight is 936 g/mol. The van der Waals surface area contributed by atoms with Crippen LogP contribution in [0.5, 0.6) is 0 Å². The zero-order chi connectivity index (χ0) is 44.6. The molecule has 1 saturated carbocycles. The van der Waals surface area contributed by atoms with Crippen LogP contribution < -0.4 is 10.4 Å². The van der Waals surface area contributed by atoms with E-state index in [1.165, 1.54) is 31.1 Å². The molecule has 2 unspecified atom stereocenters. The van der Waals surface area contributed by atoms with E-state index in [4.69, 9.17) is 55.6 Å². The summed E-state index contributed by atoms with van der Waals surface area (Å²) in [5.41, 5.74) is 2.56. The number of ether oxygens (including phenoxy) is 1. The van der Waals surface area contributed by atoms with Gasteiger partial charge in [-0.25, -0.2) is 4.79 Å². The molecule has 2 bridgehead atoms. The smallest absolute Gasteiger partial charge is 0.411 e. The van der Waals surface area contributed by atoms with Gasteiger partial charge in [-0.3, -0.25) is 14.5 Å². The number of benzene rings is 4. The lowest BCUT2D eigenvalue weighted by Crippen LogP contribution is -2.66. The molecule has 0 N–H and O–H groups in total. The van der Waals surface area contributed by atoms with Crippen LogP contribution in [0.2, 0.25) is 10.1 Å². The van der Waals surface area contributed by atoms with Crippen LogP contribution in [0.15, 0.2) is 115 Å². The molecule has 0 spiro atoms. The van der Waals surface area contributed by atoms with Gasteiger partial charge in [0.05, 0.1) is 12.1 Å². The molecule has 0 radical (unpaired) electrons. The van der Waals surface area contributed by atoms with E-state index >= 15 is 4.79 Å². The van der Waals surface area contributed by atoms with Crippen LogP contribution in [0.1, 0.15) is 77.5 Å². The zero-order valence-electron chi connectivity index (χ0n) is 36.2. The van der Waals surface area contributed by atoms with Gasteiger partial charge in [-0.1, -0.05) is 170 Å². The van der Waals surface area contributed by atoms with Crippen LogP contribution in [-0.2, 0) is 31.7 Å². The molecule has 1 aliphatic carbocycles. The van der Waals surface area contributed by atoms with Gasteiger partial charge in [0.25, 0.3) is 14.2 Å². The number of nitrogens with zero attached hydrogens (tertiary/aromatic N) is 3. The second kappa shape index (κ2) is 18.3. The molecule has 328 valence electrons. The molecule has 1 saturated heterocycles. The third-order valence-electron chi connectivity index (χ3n) is 12.5. The summed E-state index contributed by atoms with van der Waals surface area (Å²) in [5.74, 6) is -0.359. The monoisotopic (exact) mass is 933 g/mol. The highest BCUT2D eigenvalue weighted by Crippen LogP contribution is 2.45. The van der Waals surface area contributed by atoms with Crippen LogP contribution >= 0.6 is 46.4 Å². The Labute approximate surface area is 387 Å². The molecule has 3 amide bonds. The first-order chi connectivity index (χ1) is 29.3. The van der Waals surface area contributed by atoms with Crippen LogP contribution in [0.4, 0.5) is 4.79 Å². The Bertz CT molecular complexity index is 2250. The second-order valence-electron chi connectivity index (χ2n) is 18.2. The van der Waals surface area contributed by atoms with Crippen molar-refractivity contribution in [3.63, 3.8) is 0 Å². The highest BCUT2D eigenvalue weighted by atomic mass is 35.6. The van der Waals surface area contributed by atoms with Gasteiger partial charge in [0, 0.05) is 49.8 Å². The normalized spacial score (nSPS) is 18.4. The Morgan fingerprint density at radius 2 is 1.37 bits per heavy atom. The van der Waals surface area contributed by atoms with Crippen molar-refractivity contribution < 1.29 is 23.5 Å². The maximum absolute atomic E-state index is 15.4. The number of hydrogen-bond acceptors (Lipinski definition) is 5. The van der Waals surface area contributed by atoms with Gasteiger partial charge in [-0.2, -0.15) is 0 Å². The van der Waals surface area contributed by atoms with Crippen molar-refractivity contribution in [1.82, 2.24) is 14.7 Å². The number of alkyl halides is 3. The minimum atomic E-state index is -2.73. The molecule has 2 atom stereocenters. The van der Waals surface area contributed by atoms with Crippen LogP contribution in [0.3, 0.4) is 0 Å². The van der Waals surface area contributed by atoms with Gasteiger partial charge in [0.2, 0.25) is 9.70 Å². The van der Waals surface area contributed by atoms with E-state index in [0.29, 0.717) is 36.6 Å². The summed E-state index contributed by atoms with van der Waals surface area (Å²) in [6.45, 7) is 12.6. The van der Waals surface area contributed by atoms with Crippen molar-refractivity contribution in [3.8, 4) is 0 Å². The predicted octanol–water partition coefficient (Wildman–Crippen LogP) is 9.99. The van der Waals surface area contributed by atoms with Gasteiger partial charge in [0.15, 0.2) is 5.60 Å². The van der Waals surface area contributed by atoms with E-state index in [-0.39, 0.29) is 36.0 Å². The Balaban J connectivity index is 1.25. The van der Waals surface area contributed by atoms with Gasteiger partial charge in [0.1, 0.15) is 0 Å². The zero-order valence-corrected chi connectivity index (χ0v) is 40.2. The van der Waals surface area contributed by atoms with Crippen molar-refractivity contribution in [1.29, 1.82) is 0 Å². The standard InChI is InChI=1S/C49H55Cl4N3O5Si/c1-33(57)54-31-38-29-41(35-23-21-34(22-24-35)27-28-60-62(47(2,3)4,39-16-9-7-10-17-39)40-18-11-8-12-19-40)44(43(32-54)56(38)46(59)61-48(5,6)49(51,52)53)45(58)55(37-25-26-37)30-36-15-13-14-20-42(36)50/h7-24,37-38,43H,25-32H2,1-6H3. The number of amides is 3. The maximum atomic E-state index is 15.4. The molecule has 4 aromatic rings. The molecule has 8 nitrogen and oxygen atoms in total. The van der Waals surface area contributed by atoms with E-state index in [0.717, 1.165) is 35.1 Å². The highest BCUT2D eigenvalue weighted by molar-refractivity contribution is 6.99. The molecular weight excluding hydrogens is 880 g/mol. The molecule has 2 aliphatic heterocycles. The van der Waals surface area contributed by atoms with Crippen molar-refractivity contribution in [2.75, 3.05) is 19.7 Å². The molecule has 3 aliphatic rings. The number of hydrogen-bond donors (Lipinski definition) is 0. The molecular formula is C49H55Cl4N3O5Si. The quantitative estimate of drug-likeness (QED) is 0.104. The van der Waals surface area contributed by atoms with Crippen molar-refractivity contribution >= 4 is 88.6 Å². The summed E-state index contributed by atoms with van der Waals surface area (Å²) in [6, 6.07) is 35.7. The first-order valence-corrected chi connectivity index (χ1v) is 24.7. The minimum absolute atomic E-state index is 0.000593. The molecule has 2 heterocycles. The molecule has 4 aromatic carbocycles. The summed E-state index contributed by atoms with van der Waals surface area (Å²) in [7, 11) is -2.73. The highest BCUT2D eigenvalue weighted by Gasteiger charge is 2.53. The molecule has 0 aromatic heterocycles. The number of fused-ring (bicyclic) bond motifs is 2. The number of carbonyl (C=O) groups is 3. The van der Waals surface area contributed by atoms with Crippen LogP contribution in [0.25, 0.3) is 5.57 Å². The summed E-state index contributed by atoms with van der Waals surface area (Å²) < 4.78 is 11.2. The fourth-order valence-electron chi connectivity index (χ4n) is 8.99. The molecule has 7 rings (SSSR count). The van der Waals surface area contributed by atoms with E-state index in [1.54, 1.807) is 9.80 Å². The minimum Gasteiger partial charge on any atom is -0.439 e. The van der Waals surface area contributed by atoms with E-state index in [2.05, 4.69) is 93.6 Å². The predicted molar refractivity (Wildman–Crippen MR) is 253 cm³/mol. The van der Waals surface area contributed by atoms with E-state index < -0.39 is 35.9 Å². The molecule has 13 heteroatoms. The SMILES string of the molecule is CC(=O)N1CC2CC(c3ccc(CCO[Si](c4ccccc4)(c4ccccc4)C(C)(C)C)cc3)=C(C(=O)N(Cc3ccccc3Cl)C3CC3)C(C1)N2C(=O)OC(C)(C)C(Cl)(Cl)Cl. The van der Waals surface area contributed by atoms with Gasteiger partial charge in [-0.05, 0) is 83.3 Å². The fraction of sp³-hybridized carbons (Fsp3) is 0.408. The summed E-state index contributed by atoms with van der Waals surface area (Å²) in [4.78, 5) is 47.9. The average Bonchev–Trinajstić information content (AvgIpc) is 4.07. The molecule has 2 fully saturated rings. The number of carbonyl (C=O) groups excluding carboxylic acids is 3.